The van der Waals surface area contributed by atoms with Crippen LogP contribution in [-0.4, -0.2) is 23.5 Å². The molecule has 0 saturated carbocycles. The van der Waals surface area contributed by atoms with Crippen LogP contribution in [0, 0.1) is 0 Å². The van der Waals surface area contributed by atoms with Gasteiger partial charge >= 0.3 is 0 Å². The molecule has 0 aliphatic heterocycles. The fourth-order valence-electron chi connectivity index (χ4n) is 0.619. The van der Waals surface area contributed by atoms with E-state index in [1.54, 1.807) is 12.5 Å². The topological polar surface area (TPSA) is 40.7 Å². The van der Waals surface area contributed by atoms with Crippen LogP contribution in [0.3, 0.4) is 0 Å². The molecule has 0 atom stereocenters. The van der Waals surface area contributed by atoms with Gasteiger partial charge in [-0.1, -0.05) is 0 Å². The molecular formula is C6H11N3. The Morgan fingerprint density at radius 1 is 2.00 bits per heavy atom. The van der Waals surface area contributed by atoms with Gasteiger partial charge in [-0.15, -0.1) is 0 Å². The smallest absolute Gasteiger partial charge is 0.0921 e. The van der Waals surface area contributed by atoms with E-state index in [0.717, 1.165) is 5.69 Å². The molecule has 1 aromatic heterocycles. The van der Waals surface area contributed by atoms with Gasteiger partial charge < -0.3 is 10.3 Å². The first-order chi connectivity index (χ1) is 5.58. The lowest BCUT2D eigenvalue weighted by atomic mass is 10.3. The van der Waals surface area contributed by atoms with E-state index in [2.05, 4.69) is 15.3 Å². The summed E-state index contributed by atoms with van der Waals surface area (Å²) < 4.78 is 20.6. The highest BCUT2D eigenvalue weighted by Crippen LogP contribution is 1.89. The number of hydrogen-bond acceptors (Lipinski definition) is 2. The number of likely N-dealkylation sites (N-methyl/N-ethyl adjacent to an activating group) is 1. The monoisotopic (exact) mass is 131 g/mol. The Kier molecular flexibility index (Phi) is 1.21. The van der Waals surface area contributed by atoms with Crippen molar-refractivity contribution >= 4 is 0 Å². The van der Waals surface area contributed by atoms with Gasteiger partial charge in [-0.05, 0) is 6.98 Å². The fraction of sp³-hybridized carbons (Fsp3) is 0.500. The molecule has 0 aliphatic rings. The first-order valence-corrected chi connectivity index (χ1v) is 2.80. The Balaban J connectivity index is 2.20. The van der Waals surface area contributed by atoms with E-state index in [4.69, 9.17) is 4.11 Å². The van der Waals surface area contributed by atoms with Crippen molar-refractivity contribution in [3.63, 3.8) is 0 Å². The predicted molar refractivity (Wildman–Crippen MR) is 36.2 cm³/mol. The maximum atomic E-state index is 6.86. The second kappa shape index (κ2) is 3.25. The highest BCUT2D eigenvalue weighted by Gasteiger charge is 1.89. The molecule has 0 bridgehead atoms. The summed E-state index contributed by atoms with van der Waals surface area (Å²) in [5.41, 5.74) is 0.937. The molecule has 1 rings (SSSR count). The summed E-state index contributed by atoms with van der Waals surface area (Å²) in [4.78, 5) is 6.70. The number of nitrogens with zero attached hydrogens (tertiary/aromatic N) is 1. The predicted octanol–water partition coefficient (Wildman–Crippen LogP) is 0.172. The molecule has 0 unspecified atom stereocenters. The van der Waals surface area contributed by atoms with Gasteiger partial charge in [-0.2, -0.15) is 0 Å². The molecule has 0 spiro atoms. The fourth-order valence-corrected chi connectivity index (χ4v) is 0.619. The van der Waals surface area contributed by atoms with Gasteiger partial charge in [-0.25, -0.2) is 4.98 Å². The van der Waals surface area contributed by atoms with Crippen LogP contribution >= 0.6 is 0 Å². The standard InChI is InChI=1S/C6H11N3/c1-7-3-2-6-4-8-5-9-6/h4-5,7H,2-3H2,1H3,(H,8,9)/i1T3. The van der Waals surface area contributed by atoms with Gasteiger partial charge in [0.15, 0.2) is 0 Å². The molecule has 3 heteroatoms. The van der Waals surface area contributed by atoms with Crippen LogP contribution in [0.2, 0.25) is 0 Å². The van der Waals surface area contributed by atoms with Crippen molar-refractivity contribution in [1.82, 2.24) is 15.3 Å². The Morgan fingerprint density at radius 2 is 3.00 bits per heavy atom. The largest absolute Gasteiger partial charge is 0.348 e. The van der Waals surface area contributed by atoms with Crippen molar-refractivity contribution in [2.75, 3.05) is 13.5 Å². The van der Waals surface area contributed by atoms with Crippen molar-refractivity contribution in [1.29, 1.82) is 0 Å². The zero-order valence-corrected chi connectivity index (χ0v) is 5.02. The molecule has 1 heterocycles. The van der Waals surface area contributed by atoms with Gasteiger partial charge in [0, 0.05) is 29.0 Å². The average Bonchev–Trinajstić information content (AvgIpc) is 2.36. The third-order valence-corrected chi connectivity index (χ3v) is 1.07. The Bertz CT molecular complexity index is 216. The van der Waals surface area contributed by atoms with E-state index in [1.165, 1.54) is 0 Å². The van der Waals surface area contributed by atoms with E-state index in [-0.39, 0.29) is 0 Å². The van der Waals surface area contributed by atoms with Gasteiger partial charge in [-0.3, -0.25) is 0 Å². The number of hydrogen-bond donors (Lipinski definition) is 2. The van der Waals surface area contributed by atoms with Crippen molar-refractivity contribution < 1.29 is 4.11 Å². The second-order valence-corrected chi connectivity index (χ2v) is 1.75. The number of rotatable bonds is 3. The maximum absolute atomic E-state index is 6.86. The second-order valence-electron chi connectivity index (χ2n) is 1.75. The Hall–Kier alpha value is -0.830. The summed E-state index contributed by atoms with van der Waals surface area (Å²) in [7, 11) is 0. The zero-order chi connectivity index (χ0) is 9.03. The molecule has 9 heavy (non-hydrogen) atoms. The summed E-state index contributed by atoms with van der Waals surface area (Å²) in [5, 5.41) is 2.41. The van der Waals surface area contributed by atoms with Gasteiger partial charge in [0.2, 0.25) is 0 Å². The molecule has 0 aliphatic carbocycles. The molecular weight excluding hydrogens is 114 g/mol. The van der Waals surface area contributed by atoms with Crippen LogP contribution < -0.4 is 5.32 Å². The minimum Gasteiger partial charge on any atom is -0.348 e. The summed E-state index contributed by atoms with van der Waals surface area (Å²) in [6.45, 7) is -1.61. The Labute approximate surface area is 58.7 Å². The molecule has 0 radical (unpaired) electrons. The summed E-state index contributed by atoms with van der Waals surface area (Å²) >= 11 is 0. The molecule has 3 nitrogen and oxygen atoms in total. The third-order valence-electron chi connectivity index (χ3n) is 1.07. The lowest BCUT2D eigenvalue weighted by Crippen LogP contribution is -2.10. The highest BCUT2D eigenvalue weighted by molar-refractivity contribution is 4.94. The van der Waals surface area contributed by atoms with E-state index < -0.39 is 6.98 Å². The van der Waals surface area contributed by atoms with Crippen LogP contribution in [0.4, 0.5) is 0 Å². The van der Waals surface area contributed by atoms with Crippen molar-refractivity contribution in [2.24, 2.45) is 0 Å². The van der Waals surface area contributed by atoms with E-state index >= 15 is 0 Å². The quantitative estimate of drug-likeness (QED) is 0.614. The normalized spacial score (nSPS) is 16.2. The van der Waals surface area contributed by atoms with Crippen LogP contribution in [0.15, 0.2) is 12.5 Å². The molecule has 2 N–H and O–H groups in total. The van der Waals surface area contributed by atoms with E-state index in [9.17, 15) is 0 Å². The van der Waals surface area contributed by atoms with Crippen molar-refractivity contribution in [2.45, 2.75) is 6.42 Å². The highest BCUT2D eigenvalue weighted by atomic mass is 14.9. The first kappa shape index (κ1) is 3.37. The minimum absolute atomic E-state index is 0.429. The zero-order valence-electron chi connectivity index (χ0n) is 8.02. The van der Waals surface area contributed by atoms with Crippen LogP contribution in [-0.2, 0) is 6.42 Å². The van der Waals surface area contributed by atoms with Crippen molar-refractivity contribution in [3.05, 3.63) is 18.2 Å². The molecule has 0 fully saturated rings. The number of nitrogens with one attached hydrogen (secondary N) is 2. The number of imidazole rings is 1. The maximum Gasteiger partial charge on any atom is 0.0921 e. The Morgan fingerprint density at radius 3 is 3.67 bits per heavy atom. The van der Waals surface area contributed by atoms with E-state index in [0.29, 0.717) is 13.0 Å². The number of aromatic amines is 1. The molecule has 0 saturated heterocycles. The van der Waals surface area contributed by atoms with Crippen molar-refractivity contribution in [3.8, 4) is 0 Å². The molecule has 0 aromatic carbocycles. The summed E-state index contributed by atoms with van der Waals surface area (Å²) in [6.07, 6.45) is 3.91. The number of aromatic nitrogens is 2. The minimum atomic E-state index is -2.04. The van der Waals surface area contributed by atoms with Crippen LogP contribution in [0.1, 0.15) is 9.81 Å². The SMILES string of the molecule is [3H]C([3H])([3H])NCCc1cnc[nH]1. The summed E-state index contributed by atoms with van der Waals surface area (Å²) in [6, 6.07) is 0. The van der Waals surface area contributed by atoms with Crippen LogP contribution in [0.5, 0.6) is 0 Å². The van der Waals surface area contributed by atoms with Gasteiger partial charge in [0.05, 0.1) is 6.33 Å². The summed E-state index contributed by atoms with van der Waals surface area (Å²) in [5.74, 6) is 0. The lowest BCUT2D eigenvalue weighted by molar-refractivity contribution is 0.780. The first-order valence-electron chi connectivity index (χ1n) is 4.30. The average molecular weight is 131 g/mol. The molecule has 1 aromatic rings. The lowest BCUT2D eigenvalue weighted by Gasteiger charge is -1.93. The van der Waals surface area contributed by atoms with E-state index in [1.807, 2.05) is 0 Å². The van der Waals surface area contributed by atoms with Gasteiger partial charge in [0.1, 0.15) is 0 Å². The third kappa shape index (κ3) is 1.85. The number of H-pyrrole nitrogens is 1. The van der Waals surface area contributed by atoms with Gasteiger partial charge in [0.25, 0.3) is 0 Å². The molecule has 0 amide bonds. The molecule has 50 valence electrons. The van der Waals surface area contributed by atoms with Crippen LogP contribution in [0.25, 0.3) is 0 Å².